The molecule has 2 aromatic rings. The number of ketones is 1. The van der Waals surface area contributed by atoms with E-state index in [9.17, 15) is 9.18 Å². The SMILES string of the molecule is CC(=O)c1nn(CCF)c2ccccc12. The van der Waals surface area contributed by atoms with Crippen molar-refractivity contribution in [3.05, 3.63) is 30.0 Å². The van der Waals surface area contributed by atoms with Gasteiger partial charge in [-0.05, 0) is 6.07 Å². The minimum absolute atomic E-state index is 0.0937. The monoisotopic (exact) mass is 206 g/mol. The molecule has 1 heterocycles. The summed E-state index contributed by atoms with van der Waals surface area (Å²) in [6.07, 6.45) is 0. The molecule has 1 aromatic heterocycles. The van der Waals surface area contributed by atoms with Gasteiger partial charge in [-0.3, -0.25) is 9.48 Å². The van der Waals surface area contributed by atoms with Gasteiger partial charge >= 0.3 is 0 Å². The van der Waals surface area contributed by atoms with Crippen molar-refractivity contribution in [2.75, 3.05) is 6.67 Å². The maximum Gasteiger partial charge on any atom is 0.180 e. The second-order valence-electron chi connectivity index (χ2n) is 3.33. The molecule has 1 aromatic carbocycles. The van der Waals surface area contributed by atoms with Crippen LogP contribution >= 0.6 is 0 Å². The van der Waals surface area contributed by atoms with Crippen molar-refractivity contribution in [3.63, 3.8) is 0 Å². The molecule has 0 atom stereocenters. The zero-order valence-electron chi connectivity index (χ0n) is 8.40. The number of hydrogen-bond donors (Lipinski definition) is 0. The summed E-state index contributed by atoms with van der Waals surface area (Å²) >= 11 is 0. The molecule has 0 amide bonds. The van der Waals surface area contributed by atoms with Gasteiger partial charge in [0.1, 0.15) is 12.4 Å². The molecule has 2 rings (SSSR count). The van der Waals surface area contributed by atoms with Crippen molar-refractivity contribution < 1.29 is 9.18 Å². The summed E-state index contributed by atoms with van der Waals surface area (Å²) in [4.78, 5) is 11.3. The predicted octanol–water partition coefficient (Wildman–Crippen LogP) is 2.21. The molecule has 15 heavy (non-hydrogen) atoms. The molecule has 0 aliphatic heterocycles. The number of halogens is 1. The van der Waals surface area contributed by atoms with E-state index in [4.69, 9.17) is 0 Å². The van der Waals surface area contributed by atoms with Gasteiger partial charge in [0.2, 0.25) is 0 Å². The second-order valence-corrected chi connectivity index (χ2v) is 3.33. The van der Waals surface area contributed by atoms with Gasteiger partial charge in [0.15, 0.2) is 5.78 Å². The fourth-order valence-electron chi connectivity index (χ4n) is 1.64. The zero-order chi connectivity index (χ0) is 10.8. The lowest BCUT2D eigenvalue weighted by molar-refractivity contribution is 0.101. The average Bonchev–Trinajstić information content (AvgIpc) is 2.59. The molecular formula is C11H11FN2O. The van der Waals surface area contributed by atoms with Crippen LogP contribution in [0.2, 0.25) is 0 Å². The zero-order valence-corrected chi connectivity index (χ0v) is 8.40. The van der Waals surface area contributed by atoms with Crippen molar-refractivity contribution in [2.45, 2.75) is 13.5 Å². The number of aromatic nitrogens is 2. The molecule has 0 unspecified atom stereocenters. The Morgan fingerprint density at radius 1 is 1.47 bits per heavy atom. The highest BCUT2D eigenvalue weighted by Gasteiger charge is 2.12. The number of carbonyl (C=O) groups is 1. The van der Waals surface area contributed by atoms with E-state index in [1.54, 1.807) is 0 Å². The van der Waals surface area contributed by atoms with E-state index in [2.05, 4.69) is 5.10 Å². The summed E-state index contributed by atoms with van der Waals surface area (Å²) in [6, 6.07) is 7.36. The largest absolute Gasteiger partial charge is 0.293 e. The van der Waals surface area contributed by atoms with Gasteiger partial charge in [-0.1, -0.05) is 18.2 Å². The smallest absolute Gasteiger partial charge is 0.180 e. The van der Waals surface area contributed by atoms with Crippen LogP contribution < -0.4 is 0 Å². The first kappa shape index (κ1) is 9.83. The highest BCUT2D eigenvalue weighted by atomic mass is 19.1. The summed E-state index contributed by atoms with van der Waals surface area (Å²) in [5, 5.41) is 4.90. The lowest BCUT2D eigenvalue weighted by Crippen LogP contribution is -2.03. The predicted molar refractivity (Wildman–Crippen MR) is 55.7 cm³/mol. The Balaban J connectivity index is 2.67. The lowest BCUT2D eigenvalue weighted by atomic mass is 10.2. The van der Waals surface area contributed by atoms with E-state index < -0.39 is 6.67 Å². The highest BCUT2D eigenvalue weighted by molar-refractivity contribution is 6.04. The fourth-order valence-corrected chi connectivity index (χ4v) is 1.64. The highest BCUT2D eigenvalue weighted by Crippen LogP contribution is 2.18. The number of nitrogens with zero attached hydrogens (tertiary/aromatic N) is 2. The van der Waals surface area contributed by atoms with Crippen molar-refractivity contribution in [1.29, 1.82) is 0 Å². The molecule has 0 aliphatic carbocycles. The number of Topliss-reactive ketones (excluding diaryl/α,β-unsaturated/α-hetero) is 1. The normalized spacial score (nSPS) is 10.8. The first-order chi connectivity index (χ1) is 7.24. The molecule has 0 saturated carbocycles. The Morgan fingerprint density at radius 2 is 2.20 bits per heavy atom. The average molecular weight is 206 g/mol. The molecule has 0 spiro atoms. The topological polar surface area (TPSA) is 34.9 Å². The summed E-state index contributed by atoms with van der Waals surface area (Å²) in [5.74, 6) is -0.0937. The minimum Gasteiger partial charge on any atom is -0.293 e. The van der Waals surface area contributed by atoms with E-state index >= 15 is 0 Å². The molecule has 0 N–H and O–H groups in total. The van der Waals surface area contributed by atoms with Crippen molar-refractivity contribution in [3.8, 4) is 0 Å². The van der Waals surface area contributed by atoms with Crippen LogP contribution in [0.25, 0.3) is 10.9 Å². The van der Waals surface area contributed by atoms with Crippen LogP contribution in [0, 0.1) is 0 Å². The molecule has 0 aliphatic rings. The number of benzene rings is 1. The third-order valence-corrected chi connectivity index (χ3v) is 2.29. The van der Waals surface area contributed by atoms with Crippen LogP contribution in [0.3, 0.4) is 0 Å². The number of hydrogen-bond acceptors (Lipinski definition) is 2. The van der Waals surface area contributed by atoms with Gasteiger partial charge < -0.3 is 0 Å². The molecule has 0 fully saturated rings. The maximum absolute atomic E-state index is 12.3. The van der Waals surface area contributed by atoms with Crippen LogP contribution in [0.15, 0.2) is 24.3 Å². The van der Waals surface area contributed by atoms with Crippen LogP contribution in [0.1, 0.15) is 17.4 Å². The Morgan fingerprint density at radius 3 is 2.87 bits per heavy atom. The summed E-state index contributed by atoms with van der Waals surface area (Å²) in [5.41, 5.74) is 1.22. The minimum atomic E-state index is -0.483. The number of para-hydroxylation sites is 1. The summed E-state index contributed by atoms with van der Waals surface area (Å²) < 4.78 is 13.8. The van der Waals surface area contributed by atoms with Gasteiger partial charge in [-0.15, -0.1) is 0 Å². The number of aryl methyl sites for hydroxylation is 1. The quantitative estimate of drug-likeness (QED) is 0.721. The Labute approximate surface area is 86.5 Å². The lowest BCUT2D eigenvalue weighted by Gasteiger charge is -1.97. The molecule has 4 heteroatoms. The van der Waals surface area contributed by atoms with Gasteiger partial charge in [-0.25, -0.2) is 4.39 Å². The van der Waals surface area contributed by atoms with Crippen LogP contribution in [0.5, 0.6) is 0 Å². The van der Waals surface area contributed by atoms with E-state index in [0.717, 1.165) is 10.9 Å². The Kier molecular flexibility index (Phi) is 2.49. The van der Waals surface area contributed by atoms with Crippen molar-refractivity contribution in [2.24, 2.45) is 0 Å². The fraction of sp³-hybridized carbons (Fsp3) is 0.273. The van der Waals surface area contributed by atoms with Gasteiger partial charge in [0, 0.05) is 12.3 Å². The standard InChI is InChI=1S/C11H11FN2O/c1-8(15)11-9-4-2-3-5-10(9)14(13-11)7-6-12/h2-5H,6-7H2,1H3. The van der Waals surface area contributed by atoms with Crippen molar-refractivity contribution >= 4 is 16.7 Å². The van der Waals surface area contributed by atoms with E-state index in [1.165, 1.54) is 11.6 Å². The second kappa shape index (κ2) is 3.81. The van der Waals surface area contributed by atoms with Crippen LogP contribution in [-0.2, 0) is 6.54 Å². The Hall–Kier alpha value is -1.71. The summed E-state index contributed by atoms with van der Waals surface area (Å²) in [6.45, 7) is 1.17. The van der Waals surface area contributed by atoms with Gasteiger partial charge in [0.25, 0.3) is 0 Å². The molecule has 78 valence electrons. The first-order valence-corrected chi connectivity index (χ1v) is 4.76. The maximum atomic E-state index is 12.3. The van der Waals surface area contributed by atoms with Gasteiger partial charge in [0.05, 0.1) is 12.1 Å². The first-order valence-electron chi connectivity index (χ1n) is 4.76. The van der Waals surface area contributed by atoms with Crippen LogP contribution in [0.4, 0.5) is 4.39 Å². The van der Waals surface area contributed by atoms with Crippen molar-refractivity contribution in [1.82, 2.24) is 9.78 Å². The number of carbonyl (C=O) groups excluding carboxylic acids is 1. The Bertz CT molecular complexity index is 504. The molecule has 3 nitrogen and oxygen atoms in total. The van der Waals surface area contributed by atoms with E-state index in [-0.39, 0.29) is 12.3 Å². The molecule has 0 radical (unpaired) electrons. The molecule has 0 bridgehead atoms. The summed E-state index contributed by atoms with van der Waals surface area (Å²) in [7, 11) is 0. The van der Waals surface area contributed by atoms with Gasteiger partial charge in [-0.2, -0.15) is 5.10 Å². The van der Waals surface area contributed by atoms with E-state index in [1.807, 2.05) is 24.3 Å². The van der Waals surface area contributed by atoms with Crippen LogP contribution in [-0.4, -0.2) is 22.2 Å². The number of fused-ring (bicyclic) bond motifs is 1. The third kappa shape index (κ3) is 1.63. The molecule has 0 saturated heterocycles. The number of alkyl halides is 1. The molecular weight excluding hydrogens is 195 g/mol. The third-order valence-electron chi connectivity index (χ3n) is 2.29. The number of rotatable bonds is 3. The van der Waals surface area contributed by atoms with E-state index in [0.29, 0.717) is 5.69 Å².